The molecule has 0 aliphatic carbocycles. The number of amidine groups is 1. The first-order valence-corrected chi connectivity index (χ1v) is 11.8. The molecular formula is C27H30FN5O5. The first kappa shape index (κ1) is 27.8. The number of halogens is 1. The number of anilines is 1. The van der Waals surface area contributed by atoms with Gasteiger partial charge >= 0.3 is 0 Å². The Morgan fingerprint density at radius 1 is 1.00 bits per heavy atom. The van der Waals surface area contributed by atoms with Crippen molar-refractivity contribution in [1.82, 2.24) is 10.9 Å². The third-order valence-electron chi connectivity index (χ3n) is 5.23. The summed E-state index contributed by atoms with van der Waals surface area (Å²) >= 11 is 0. The minimum atomic E-state index is -1.31. The second-order valence-corrected chi connectivity index (χ2v) is 8.48. The summed E-state index contributed by atoms with van der Waals surface area (Å²) in [5.41, 5.74) is 11.1. The van der Waals surface area contributed by atoms with Gasteiger partial charge in [-0.3, -0.25) is 25.8 Å². The third kappa shape index (κ3) is 7.12. The van der Waals surface area contributed by atoms with E-state index in [4.69, 9.17) is 20.6 Å². The first-order valence-electron chi connectivity index (χ1n) is 11.8. The molecule has 0 saturated heterocycles. The predicted octanol–water partition coefficient (Wildman–Crippen LogP) is 3.62. The van der Waals surface area contributed by atoms with Gasteiger partial charge in [-0.25, -0.2) is 4.39 Å². The minimum Gasteiger partial charge on any atom is -0.508 e. The van der Waals surface area contributed by atoms with Gasteiger partial charge in [-0.05, 0) is 75.4 Å². The molecule has 0 aliphatic heterocycles. The van der Waals surface area contributed by atoms with Crippen molar-refractivity contribution in [3.05, 3.63) is 83.2 Å². The summed E-state index contributed by atoms with van der Waals surface area (Å²) < 4.78 is 26.7. The molecule has 0 fully saturated rings. The zero-order chi connectivity index (χ0) is 27.8. The van der Waals surface area contributed by atoms with Crippen molar-refractivity contribution in [1.29, 1.82) is 5.41 Å². The fourth-order valence-electron chi connectivity index (χ4n) is 3.46. The molecule has 1 unspecified atom stereocenters. The van der Waals surface area contributed by atoms with Crippen molar-refractivity contribution in [3.63, 3.8) is 0 Å². The highest BCUT2D eigenvalue weighted by molar-refractivity contribution is 5.97. The molecule has 200 valence electrons. The Morgan fingerprint density at radius 3 is 2.21 bits per heavy atom. The van der Waals surface area contributed by atoms with E-state index in [-0.39, 0.29) is 46.9 Å². The Balaban J connectivity index is 1.94. The highest BCUT2D eigenvalue weighted by atomic mass is 19.1. The number of nitrogens with one attached hydrogen (secondary N) is 4. The van der Waals surface area contributed by atoms with Crippen molar-refractivity contribution < 1.29 is 28.6 Å². The molecule has 3 aromatic carbocycles. The lowest BCUT2D eigenvalue weighted by Gasteiger charge is -2.23. The van der Waals surface area contributed by atoms with Crippen LogP contribution in [-0.4, -0.2) is 35.5 Å². The van der Waals surface area contributed by atoms with E-state index < -0.39 is 23.7 Å². The van der Waals surface area contributed by atoms with Gasteiger partial charge in [0.1, 0.15) is 23.4 Å². The van der Waals surface area contributed by atoms with Crippen LogP contribution in [0.5, 0.6) is 17.2 Å². The molecule has 3 aromatic rings. The SMILES string of the molecule is CCOc1cc(C(Nc2ccc(C(=N)N)cc2)C(=O)NNC(=O)c2ccc(O)cc2)c(F)cc1OC(C)C. The van der Waals surface area contributed by atoms with Gasteiger partial charge in [-0.15, -0.1) is 0 Å². The highest BCUT2D eigenvalue weighted by Crippen LogP contribution is 2.35. The lowest BCUT2D eigenvalue weighted by Crippen LogP contribution is -2.45. The Hall–Kier alpha value is -4.80. The van der Waals surface area contributed by atoms with Gasteiger partial charge in [0.05, 0.1) is 12.7 Å². The Morgan fingerprint density at radius 2 is 1.63 bits per heavy atom. The van der Waals surface area contributed by atoms with Crippen molar-refractivity contribution >= 4 is 23.3 Å². The van der Waals surface area contributed by atoms with E-state index in [9.17, 15) is 14.7 Å². The number of carbonyl (C=O) groups excluding carboxylic acids is 2. The molecule has 0 spiro atoms. The van der Waals surface area contributed by atoms with Crippen molar-refractivity contribution in [2.75, 3.05) is 11.9 Å². The van der Waals surface area contributed by atoms with Crippen LogP contribution in [0.4, 0.5) is 10.1 Å². The van der Waals surface area contributed by atoms with Gasteiger partial charge in [0.25, 0.3) is 11.8 Å². The highest BCUT2D eigenvalue weighted by Gasteiger charge is 2.27. The van der Waals surface area contributed by atoms with E-state index in [0.717, 1.165) is 6.07 Å². The Labute approximate surface area is 219 Å². The van der Waals surface area contributed by atoms with Crippen LogP contribution in [0.25, 0.3) is 0 Å². The lowest BCUT2D eigenvalue weighted by atomic mass is 10.0. The van der Waals surface area contributed by atoms with Gasteiger partial charge in [-0.2, -0.15) is 0 Å². The number of amides is 2. The molecular weight excluding hydrogens is 493 g/mol. The summed E-state index contributed by atoms with van der Waals surface area (Å²) in [4.78, 5) is 25.7. The van der Waals surface area contributed by atoms with Crippen LogP contribution in [-0.2, 0) is 4.79 Å². The maximum Gasteiger partial charge on any atom is 0.269 e. The smallest absolute Gasteiger partial charge is 0.269 e. The van der Waals surface area contributed by atoms with Gasteiger partial charge < -0.3 is 25.6 Å². The molecule has 10 nitrogen and oxygen atoms in total. The average molecular weight is 524 g/mol. The summed E-state index contributed by atoms with van der Waals surface area (Å²) in [5, 5.41) is 19.9. The largest absolute Gasteiger partial charge is 0.508 e. The van der Waals surface area contributed by atoms with Crippen LogP contribution in [0, 0.1) is 11.2 Å². The number of phenolic OH excluding ortho intramolecular Hbond substituents is 1. The van der Waals surface area contributed by atoms with Crippen molar-refractivity contribution in [2.45, 2.75) is 32.9 Å². The summed E-state index contributed by atoms with van der Waals surface area (Å²) in [7, 11) is 0. The van der Waals surface area contributed by atoms with E-state index in [2.05, 4.69) is 16.2 Å². The van der Waals surface area contributed by atoms with Crippen LogP contribution in [0.15, 0.2) is 60.7 Å². The number of benzene rings is 3. The maximum absolute atomic E-state index is 15.4. The standard InChI is InChI=1S/C27H30FN5O5/c1-4-37-22-13-20(21(28)14-23(22)38-15(2)3)24(31-18-9-5-16(6-10-18)25(29)30)27(36)33-32-26(35)17-7-11-19(34)12-8-17/h5-15,24,31,34H,4H2,1-3H3,(H3,29,30)(H,32,35)(H,33,36). The van der Waals surface area contributed by atoms with E-state index in [1.807, 2.05) is 0 Å². The molecule has 0 bridgehead atoms. The average Bonchev–Trinajstić information content (AvgIpc) is 2.88. The second-order valence-electron chi connectivity index (χ2n) is 8.48. The molecule has 2 amide bonds. The molecule has 0 aromatic heterocycles. The molecule has 1 atom stereocenters. The number of nitrogen functional groups attached to an aromatic ring is 1. The lowest BCUT2D eigenvalue weighted by molar-refractivity contribution is -0.122. The molecule has 3 rings (SSSR count). The Bertz CT molecular complexity index is 1300. The summed E-state index contributed by atoms with van der Waals surface area (Å²) in [6, 6.07) is 13.0. The van der Waals surface area contributed by atoms with Gasteiger partial charge in [0.2, 0.25) is 0 Å². The molecule has 0 aliphatic rings. The van der Waals surface area contributed by atoms with E-state index in [0.29, 0.717) is 11.3 Å². The van der Waals surface area contributed by atoms with Crippen LogP contribution in [0.2, 0.25) is 0 Å². The van der Waals surface area contributed by atoms with Crippen molar-refractivity contribution in [2.24, 2.45) is 5.73 Å². The summed E-state index contributed by atoms with van der Waals surface area (Å²) in [5.74, 6) is -1.86. The Kier molecular flexibility index (Phi) is 9.09. The van der Waals surface area contributed by atoms with Crippen LogP contribution in [0.3, 0.4) is 0 Å². The third-order valence-corrected chi connectivity index (χ3v) is 5.23. The number of ether oxygens (including phenoxy) is 2. The second kappa shape index (κ2) is 12.4. The first-order chi connectivity index (χ1) is 18.1. The molecule has 0 saturated carbocycles. The van der Waals surface area contributed by atoms with E-state index in [1.165, 1.54) is 30.3 Å². The number of hydrazine groups is 1. The number of phenols is 1. The molecule has 7 N–H and O–H groups in total. The molecule has 0 radical (unpaired) electrons. The fraction of sp³-hybridized carbons (Fsp3) is 0.222. The number of rotatable bonds is 10. The van der Waals surface area contributed by atoms with E-state index >= 15 is 4.39 Å². The summed E-state index contributed by atoms with van der Waals surface area (Å²) in [6.07, 6.45) is -0.244. The minimum absolute atomic E-state index is 0.0175. The monoisotopic (exact) mass is 523 g/mol. The number of aromatic hydroxyl groups is 1. The predicted molar refractivity (Wildman–Crippen MR) is 141 cm³/mol. The zero-order valence-corrected chi connectivity index (χ0v) is 21.2. The molecule has 38 heavy (non-hydrogen) atoms. The van der Waals surface area contributed by atoms with Crippen LogP contribution < -0.4 is 31.4 Å². The zero-order valence-electron chi connectivity index (χ0n) is 21.2. The fourth-order valence-corrected chi connectivity index (χ4v) is 3.46. The summed E-state index contributed by atoms with van der Waals surface area (Å²) in [6.45, 7) is 5.63. The van der Waals surface area contributed by atoms with Crippen LogP contribution >= 0.6 is 0 Å². The van der Waals surface area contributed by atoms with Crippen LogP contribution in [0.1, 0.15) is 48.3 Å². The normalized spacial score (nSPS) is 11.4. The topological polar surface area (TPSA) is 159 Å². The van der Waals surface area contributed by atoms with Gasteiger partial charge in [0.15, 0.2) is 11.5 Å². The number of nitrogens with two attached hydrogens (primary N) is 1. The quantitative estimate of drug-likeness (QED) is 0.134. The van der Waals surface area contributed by atoms with Gasteiger partial charge in [0, 0.05) is 28.4 Å². The number of carbonyl (C=O) groups is 2. The maximum atomic E-state index is 15.4. The van der Waals surface area contributed by atoms with Gasteiger partial charge in [-0.1, -0.05) is 0 Å². The number of hydrogen-bond donors (Lipinski definition) is 6. The molecule has 0 heterocycles. The number of hydrogen-bond acceptors (Lipinski definition) is 7. The van der Waals surface area contributed by atoms with Crippen molar-refractivity contribution in [3.8, 4) is 17.2 Å². The molecule has 11 heteroatoms. The van der Waals surface area contributed by atoms with E-state index in [1.54, 1.807) is 45.0 Å².